The summed E-state index contributed by atoms with van der Waals surface area (Å²) in [5.74, 6) is 7.32. The monoisotopic (exact) mass is 427 g/mol. The second-order valence-electron chi connectivity index (χ2n) is 7.59. The van der Waals surface area contributed by atoms with Crippen molar-refractivity contribution in [1.29, 1.82) is 0 Å². The van der Waals surface area contributed by atoms with Gasteiger partial charge in [-0.25, -0.2) is 4.79 Å². The van der Waals surface area contributed by atoms with Crippen molar-refractivity contribution in [2.75, 3.05) is 19.6 Å². The summed E-state index contributed by atoms with van der Waals surface area (Å²) >= 11 is 0. The first-order valence-electron chi connectivity index (χ1n) is 9.11. The largest absolute Gasteiger partial charge is 0.444 e. The summed E-state index contributed by atoms with van der Waals surface area (Å²) in [7, 11) is 0. The van der Waals surface area contributed by atoms with Crippen LogP contribution in [0, 0.1) is 42.4 Å². The number of ether oxygens (including phenoxy) is 1. The highest BCUT2D eigenvalue weighted by atomic mass is 35.5. The van der Waals surface area contributed by atoms with Gasteiger partial charge in [-0.1, -0.05) is 20.8 Å². The third-order valence-corrected chi connectivity index (χ3v) is 2.46. The van der Waals surface area contributed by atoms with Crippen molar-refractivity contribution in [3.63, 3.8) is 0 Å². The van der Waals surface area contributed by atoms with E-state index in [2.05, 4.69) is 28.4 Å². The zero-order chi connectivity index (χ0) is 22.6. The van der Waals surface area contributed by atoms with Crippen LogP contribution in [0.15, 0.2) is 0 Å². The summed E-state index contributed by atoms with van der Waals surface area (Å²) in [6.07, 6.45) is 16.2. The fourth-order valence-electron chi connectivity index (χ4n) is 1.15. The molecule has 0 spiro atoms. The standard InChI is InChI=1S/C9H15NO2.C9H15NO.C4H7N.ClH/c1-5-6-7-10-8(11)12-9(2,3)4;1-5-6-7-10-8(11)9(2,3)4;1-2-3-4-5;/h1H,6-7H2,2-4H3,(H,10,11);1H,6-7H2,2-4H3,(H,10,11);1H,3-5H2;1H. The molecule has 0 atom stereocenters. The predicted octanol–water partition coefficient (Wildman–Crippen LogP) is 3.10. The maximum atomic E-state index is 11.2. The molecule has 0 aliphatic carbocycles. The Labute approximate surface area is 183 Å². The molecule has 0 bridgehead atoms. The van der Waals surface area contributed by atoms with Crippen LogP contribution < -0.4 is 16.4 Å². The number of rotatable bonds is 5. The van der Waals surface area contributed by atoms with E-state index >= 15 is 0 Å². The second-order valence-corrected chi connectivity index (χ2v) is 7.59. The van der Waals surface area contributed by atoms with Crippen molar-refractivity contribution in [3.8, 4) is 37.0 Å². The van der Waals surface area contributed by atoms with E-state index in [1.807, 2.05) is 41.5 Å². The van der Waals surface area contributed by atoms with Crippen molar-refractivity contribution in [2.45, 2.75) is 66.4 Å². The van der Waals surface area contributed by atoms with Gasteiger partial charge < -0.3 is 21.1 Å². The van der Waals surface area contributed by atoms with Crippen LogP contribution in [-0.4, -0.2) is 37.2 Å². The molecule has 0 saturated carbocycles. The number of nitrogens with one attached hydrogen (secondary N) is 2. The van der Waals surface area contributed by atoms with Crippen LogP contribution in [0.5, 0.6) is 0 Å². The van der Waals surface area contributed by atoms with Crippen LogP contribution in [0.4, 0.5) is 4.79 Å². The summed E-state index contributed by atoms with van der Waals surface area (Å²) in [5, 5.41) is 5.28. The Balaban J connectivity index is -0.000000171. The van der Waals surface area contributed by atoms with Gasteiger partial charge >= 0.3 is 6.09 Å². The molecule has 2 amide bonds. The van der Waals surface area contributed by atoms with Gasteiger partial charge in [0, 0.05) is 44.3 Å². The van der Waals surface area contributed by atoms with Crippen molar-refractivity contribution < 1.29 is 14.3 Å². The Morgan fingerprint density at radius 3 is 1.55 bits per heavy atom. The second kappa shape index (κ2) is 20.4. The number of carbonyl (C=O) groups is 2. The zero-order valence-corrected chi connectivity index (χ0v) is 19.5. The summed E-state index contributed by atoms with van der Waals surface area (Å²) in [6.45, 7) is 12.7. The van der Waals surface area contributed by atoms with Gasteiger partial charge in [-0.15, -0.1) is 49.4 Å². The summed E-state index contributed by atoms with van der Waals surface area (Å²) in [5.41, 5.74) is 4.24. The molecular weight excluding hydrogens is 390 g/mol. The lowest BCUT2D eigenvalue weighted by Crippen LogP contribution is -2.35. The highest BCUT2D eigenvalue weighted by Crippen LogP contribution is 2.11. The van der Waals surface area contributed by atoms with E-state index in [-0.39, 0.29) is 23.7 Å². The Bertz CT molecular complexity index is 556. The quantitative estimate of drug-likeness (QED) is 0.464. The van der Waals surface area contributed by atoms with E-state index in [0.717, 1.165) is 0 Å². The molecule has 0 saturated heterocycles. The molecule has 7 heteroatoms. The van der Waals surface area contributed by atoms with Crippen LogP contribution in [0.3, 0.4) is 0 Å². The predicted molar refractivity (Wildman–Crippen MR) is 123 cm³/mol. The Morgan fingerprint density at radius 1 is 0.862 bits per heavy atom. The van der Waals surface area contributed by atoms with E-state index in [1.54, 1.807) is 0 Å². The number of alkyl carbamates (subject to hydrolysis) is 1. The van der Waals surface area contributed by atoms with Crippen LogP contribution in [-0.2, 0) is 9.53 Å². The van der Waals surface area contributed by atoms with Gasteiger partial charge in [0.1, 0.15) is 5.60 Å². The lowest BCUT2D eigenvalue weighted by molar-refractivity contribution is -0.128. The van der Waals surface area contributed by atoms with E-state index in [0.29, 0.717) is 38.9 Å². The van der Waals surface area contributed by atoms with Crippen LogP contribution in [0.2, 0.25) is 0 Å². The Morgan fingerprint density at radius 2 is 1.28 bits per heavy atom. The number of halogens is 1. The summed E-state index contributed by atoms with van der Waals surface area (Å²) in [4.78, 5) is 22.1. The topological polar surface area (TPSA) is 93.5 Å². The first-order valence-corrected chi connectivity index (χ1v) is 9.11. The van der Waals surface area contributed by atoms with Gasteiger partial charge in [0.15, 0.2) is 0 Å². The Hall–Kier alpha value is -2.33. The molecule has 0 aliphatic heterocycles. The molecule has 6 nitrogen and oxygen atoms in total. The molecule has 0 fully saturated rings. The van der Waals surface area contributed by atoms with Gasteiger partial charge in [0.2, 0.25) is 5.91 Å². The van der Waals surface area contributed by atoms with E-state index in [9.17, 15) is 9.59 Å². The number of hydrogen-bond donors (Lipinski definition) is 3. The SMILES string of the molecule is C#CCCN.C#CCCNC(=O)C(C)(C)C.C#CCCNC(=O)OC(C)(C)C.Cl. The van der Waals surface area contributed by atoms with Gasteiger partial charge in [0.05, 0.1) is 0 Å². The van der Waals surface area contributed by atoms with Gasteiger partial charge in [0.25, 0.3) is 0 Å². The number of hydrogen-bond acceptors (Lipinski definition) is 4. The van der Waals surface area contributed by atoms with Gasteiger partial charge in [-0.3, -0.25) is 4.79 Å². The highest BCUT2D eigenvalue weighted by Gasteiger charge is 2.19. The van der Waals surface area contributed by atoms with Crippen molar-refractivity contribution in [3.05, 3.63) is 0 Å². The molecular formula is C22H38ClN3O3. The van der Waals surface area contributed by atoms with Crippen molar-refractivity contribution >= 4 is 24.4 Å². The van der Waals surface area contributed by atoms with Crippen LogP contribution in [0.25, 0.3) is 0 Å². The molecule has 0 unspecified atom stereocenters. The molecule has 0 aliphatic rings. The first-order chi connectivity index (χ1) is 12.9. The lowest BCUT2D eigenvalue weighted by Gasteiger charge is -2.19. The normalized spacial score (nSPS) is 9.24. The minimum Gasteiger partial charge on any atom is -0.444 e. The highest BCUT2D eigenvalue weighted by molar-refractivity contribution is 5.85. The smallest absolute Gasteiger partial charge is 0.407 e. The molecule has 4 N–H and O–H groups in total. The summed E-state index contributed by atoms with van der Waals surface area (Å²) in [6, 6.07) is 0. The fraction of sp³-hybridized carbons (Fsp3) is 0.636. The lowest BCUT2D eigenvalue weighted by atomic mass is 9.96. The average Bonchev–Trinajstić information content (AvgIpc) is 2.54. The maximum Gasteiger partial charge on any atom is 0.407 e. The fourth-order valence-corrected chi connectivity index (χ4v) is 1.15. The minimum atomic E-state index is -0.444. The molecule has 0 aromatic rings. The van der Waals surface area contributed by atoms with Gasteiger partial charge in [-0.05, 0) is 20.8 Å². The maximum absolute atomic E-state index is 11.2. The summed E-state index contributed by atoms with van der Waals surface area (Å²) < 4.78 is 4.97. The number of nitrogens with two attached hydrogens (primary N) is 1. The minimum absolute atomic E-state index is 0. The van der Waals surface area contributed by atoms with Gasteiger partial charge in [-0.2, -0.15) is 0 Å². The van der Waals surface area contributed by atoms with Crippen LogP contribution in [0.1, 0.15) is 60.8 Å². The number of terminal acetylenes is 3. The molecule has 0 radical (unpaired) electrons. The van der Waals surface area contributed by atoms with Crippen molar-refractivity contribution in [1.82, 2.24) is 10.6 Å². The molecule has 0 aromatic heterocycles. The molecule has 0 rings (SSSR count). The molecule has 166 valence electrons. The van der Waals surface area contributed by atoms with E-state index < -0.39 is 11.7 Å². The third-order valence-electron chi connectivity index (χ3n) is 2.46. The zero-order valence-electron chi connectivity index (χ0n) is 18.7. The first kappa shape index (κ1) is 34.2. The Kier molecular flexibility index (Phi) is 24.1. The number of amides is 2. The molecule has 0 heterocycles. The number of carbonyl (C=O) groups excluding carboxylic acids is 2. The molecule has 29 heavy (non-hydrogen) atoms. The third kappa shape index (κ3) is 33.7. The van der Waals surface area contributed by atoms with Crippen LogP contribution >= 0.6 is 12.4 Å². The van der Waals surface area contributed by atoms with E-state index in [1.165, 1.54) is 0 Å². The van der Waals surface area contributed by atoms with Crippen molar-refractivity contribution in [2.24, 2.45) is 11.1 Å². The average molecular weight is 428 g/mol. The molecule has 0 aromatic carbocycles. The van der Waals surface area contributed by atoms with E-state index in [4.69, 9.17) is 29.7 Å².